The third-order valence-corrected chi connectivity index (χ3v) is 1.12. The van der Waals surface area contributed by atoms with Crippen molar-refractivity contribution in [1.29, 1.82) is 0 Å². The molecule has 0 spiro atoms. The van der Waals surface area contributed by atoms with E-state index >= 15 is 0 Å². The van der Waals surface area contributed by atoms with Gasteiger partial charge < -0.3 is 0 Å². The van der Waals surface area contributed by atoms with Crippen LogP contribution in [0.15, 0.2) is 12.7 Å². The quantitative estimate of drug-likeness (QED) is 0.406. The SMILES string of the molecule is C=CCN1N[N+](=O)CC1=O. The lowest BCUT2D eigenvalue weighted by Gasteiger charge is -2.03. The Morgan fingerprint density at radius 1 is 1.90 bits per heavy atom. The zero-order valence-corrected chi connectivity index (χ0v) is 5.41. The van der Waals surface area contributed by atoms with Crippen molar-refractivity contribution in [2.24, 2.45) is 0 Å². The minimum atomic E-state index is -0.227. The molecule has 0 unspecified atom stereocenters. The first kappa shape index (κ1) is 6.73. The van der Waals surface area contributed by atoms with E-state index in [4.69, 9.17) is 0 Å². The van der Waals surface area contributed by atoms with Crippen molar-refractivity contribution in [1.82, 2.24) is 10.5 Å². The molecule has 1 rings (SSSR count). The van der Waals surface area contributed by atoms with Gasteiger partial charge >= 0.3 is 12.5 Å². The molecule has 0 radical (unpaired) electrons. The number of hydrazine groups is 2. The van der Waals surface area contributed by atoms with E-state index in [2.05, 4.69) is 12.1 Å². The smallest absolute Gasteiger partial charge is 0.265 e. The van der Waals surface area contributed by atoms with Crippen molar-refractivity contribution in [3.05, 3.63) is 17.6 Å². The molecule has 1 saturated heterocycles. The lowest BCUT2D eigenvalue weighted by atomic mass is 10.5. The van der Waals surface area contributed by atoms with Crippen molar-refractivity contribution in [3.63, 3.8) is 0 Å². The molecular formula is C5H8N3O2+. The fraction of sp³-hybridized carbons (Fsp3) is 0.400. The van der Waals surface area contributed by atoms with Crippen LogP contribution in [0.2, 0.25) is 0 Å². The zero-order valence-electron chi connectivity index (χ0n) is 5.41. The number of rotatable bonds is 2. The fourth-order valence-electron chi connectivity index (χ4n) is 0.706. The highest BCUT2D eigenvalue weighted by Crippen LogP contribution is 1.92. The molecule has 0 aromatic rings. The summed E-state index contributed by atoms with van der Waals surface area (Å²) in [6, 6.07) is 0. The first-order valence-corrected chi connectivity index (χ1v) is 2.86. The van der Waals surface area contributed by atoms with Gasteiger partial charge in [0, 0.05) is 0 Å². The summed E-state index contributed by atoms with van der Waals surface area (Å²) in [6.07, 6.45) is 1.55. The molecule has 1 aliphatic heterocycles. The molecule has 0 saturated carbocycles. The Hall–Kier alpha value is -1.39. The summed E-state index contributed by atoms with van der Waals surface area (Å²) in [6.45, 7) is 3.67. The third kappa shape index (κ3) is 1.12. The Morgan fingerprint density at radius 3 is 3.00 bits per heavy atom. The molecule has 5 nitrogen and oxygen atoms in total. The van der Waals surface area contributed by atoms with Crippen molar-refractivity contribution >= 4 is 5.91 Å². The second kappa shape index (κ2) is 2.47. The topological polar surface area (TPSA) is 52.4 Å². The van der Waals surface area contributed by atoms with Gasteiger partial charge in [0.1, 0.15) is 4.87 Å². The van der Waals surface area contributed by atoms with Gasteiger partial charge in [-0.2, -0.15) is 5.01 Å². The van der Waals surface area contributed by atoms with E-state index in [1.54, 1.807) is 6.08 Å². The Balaban J connectivity index is 2.54. The molecule has 1 N–H and O–H groups in total. The molecule has 1 amide bonds. The summed E-state index contributed by atoms with van der Waals surface area (Å²) in [5.41, 5.74) is 2.29. The summed E-state index contributed by atoms with van der Waals surface area (Å²) >= 11 is 0. The average Bonchev–Trinajstić information content (AvgIpc) is 2.13. The number of carbonyl (C=O) groups is 1. The van der Waals surface area contributed by atoms with Crippen LogP contribution in [0.1, 0.15) is 0 Å². The third-order valence-electron chi connectivity index (χ3n) is 1.12. The summed E-state index contributed by atoms with van der Waals surface area (Å²) in [7, 11) is 0. The van der Waals surface area contributed by atoms with Crippen molar-refractivity contribution in [3.8, 4) is 0 Å². The van der Waals surface area contributed by atoms with Crippen LogP contribution < -0.4 is 5.53 Å². The number of hydrogen-bond acceptors (Lipinski definition) is 2. The summed E-state index contributed by atoms with van der Waals surface area (Å²) in [5.74, 6) is -0.227. The average molecular weight is 142 g/mol. The van der Waals surface area contributed by atoms with Crippen molar-refractivity contribution < 1.29 is 9.66 Å². The van der Waals surface area contributed by atoms with Crippen LogP contribution in [0.3, 0.4) is 0 Å². The fourth-order valence-corrected chi connectivity index (χ4v) is 0.706. The second-order valence-electron chi connectivity index (χ2n) is 1.93. The normalized spacial score (nSPS) is 17.4. The van der Waals surface area contributed by atoms with Gasteiger partial charge in [-0.15, -0.1) is 6.58 Å². The maximum atomic E-state index is 10.7. The molecule has 54 valence electrons. The highest BCUT2D eigenvalue weighted by Gasteiger charge is 2.32. The van der Waals surface area contributed by atoms with Gasteiger partial charge in [-0.3, -0.25) is 4.79 Å². The van der Waals surface area contributed by atoms with Crippen LogP contribution >= 0.6 is 0 Å². The predicted molar refractivity (Wildman–Crippen MR) is 33.5 cm³/mol. The largest absolute Gasteiger partial charge is 0.319 e. The van der Waals surface area contributed by atoms with Gasteiger partial charge in [-0.25, -0.2) is 0 Å². The van der Waals surface area contributed by atoms with E-state index in [9.17, 15) is 9.70 Å². The minimum Gasteiger partial charge on any atom is -0.265 e. The highest BCUT2D eigenvalue weighted by atomic mass is 16.3. The molecule has 1 heterocycles. The Bertz CT molecular complexity index is 189. The van der Waals surface area contributed by atoms with E-state index in [0.717, 1.165) is 0 Å². The molecule has 1 fully saturated rings. The van der Waals surface area contributed by atoms with Crippen molar-refractivity contribution in [2.75, 3.05) is 13.1 Å². The monoisotopic (exact) mass is 142 g/mol. The Morgan fingerprint density at radius 2 is 2.60 bits per heavy atom. The number of carbonyl (C=O) groups excluding carboxylic acids is 1. The van der Waals surface area contributed by atoms with Gasteiger partial charge in [0.05, 0.1) is 11.5 Å². The summed E-state index contributed by atoms with van der Waals surface area (Å²) in [4.78, 5) is 21.7. The molecule has 0 bridgehead atoms. The molecule has 0 atom stereocenters. The van der Waals surface area contributed by atoms with Gasteiger partial charge in [0.25, 0.3) is 0 Å². The van der Waals surface area contributed by atoms with Crippen LogP contribution in [0.5, 0.6) is 0 Å². The highest BCUT2D eigenvalue weighted by molar-refractivity contribution is 5.77. The van der Waals surface area contributed by atoms with Crippen LogP contribution in [0.25, 0.3) is 0 Å². The Labute approximate surface area is 57.8 Å². The van der Waals surface area contributed by atoms with E-state index in [-0.39, 0.29) is 12.5 Å². The van der Waals surface area contributed by atoms with Crippen LogP contribution in [0, 0.1) is 4.91 Å². The van der Waals surface area contributed by atoms with Gasteiger partial charge in [-0.05, 0) is 0 Å². The molecule has 5 heteroatoms. The van der Waals surface area contributed by atoms with Gasteiger partial charge in [0.15, 0.2) is 0 Å². The number of hydrogen-bond donors (Lipinski definition) is 1. The predicted octanol–water partition coefficient (Wildman–Crippen LogP) is -0.787. The number of nitrogens with one attached hydrogen (secondary N) is 1. The lowest BCUT2D eigenvalue weighted by Crippen LogP contribution is -2.36. The molecular weight excluding hydrogens is 134 g/mol. The molecule has 1 aliphatic rings. The molecule has 0 aromatic carbocycles. The van der Waals surface area contributed by atoms with E-state index in [1.807, 2.05) is 0 Å². The summed E-state index contributed by atoms with van der Waals surface area (Å²) < 4.78 is 0. The standard InChI is InChI=1S/C5H8N3O2/c1-2-3-7-5(9)4-8(10)6-7/h2H,1,3-4H2,(H,6,10)/q+1. The van der Waals surface area contributed by atoms with Crippen LogP contribution in [-0.2, 0) is 4.79 Å². The molecule has 0 aromatic heterocycles. The maximum absolute atomic E-state index is 10.7. The first-order chi connectivity index (χ1) is 4.74. The maximum Gasteiger partial charge on any atom is 0.319 e. The van der Waals surface area contributed by atoms with E-state index in [0.29, 0.717) is 11.4 Å². The zero-order chi connectivity index (χ0) is 7.56. The minimum absolute atomic E-state index is 0.117. The molecule has 0 aliphatic carbocycles. The van der Waals surface area contributed by atoms with Crippen LogP contribution in [-0.4, -0.2) is 28.9 Å². The van der Waals surface area contributed by atoms with E-state index < -0.39 is 0 Å². The van der Waals surface area contributed by atoms with Crippen molar-refractivity contribution in [2.45, 2.75) is 0 Å². The van der Waals surface area contributed by atoms with E-state index in [1.165, 1.54) is 5.01 Å². The summed E-state index contributed by atoms with van der Waals surface area (Å²) in [5, 5.41) is 1.21. The van der Waals surface area contributed by atoms with Gasteiger partial charge in [0.2, 0.25) is 0 Å². The number of amides is 1. The molecule has 10 heavy (non-hydrogen) atoms. The second-order valence-corrected chi connectivity index (χ2v) is 1.93. The lowest BCUT2D eigenvalue weighted by molar-refractivity contribution is -0.600. The number of nitroso groups, excluding NO2 is 1. The number of nitrogens with zero attached hydrogens (tertiary/aromatic N) is 2. The first-order valence-electron chi connectivity index (χ1n) is 2.86. The van der Waals surface area contributed by atoms with Crippen LogP contribution in [0.4, 0.5) is 0 Å². The van der Waals surface area contributed by atoms with Gasteiger partial charge in [-0.1, -0.05) is 11.6 Å². The Kier molecular flexibility index (Phi) is 1.66.